The Morgan fingerprint density at radius 2 is 1.88 bits per heavy atom. The van der Waals surface area contributed by atoms with Crippen LogP contribution < -0.4 is 5.32 Å². The molecule has 17 heavy (non-hydrogen) atoms. The number of hydrogen-bond donors (Lipinski definition) is 1. The summed E-state index contributed by atoms with van der Waals surface area (Å²) in [5.74, 6) is 1.17. The van der Waals surface area contributed by atoms with Gasteiger partial charge in [0.25, 0.3) is 0 Å². The molecular formula is C14H26N2O. The number of carbonyl (C=O) groups excluding carboxylic acids is 1. The summed E-state index contributed by atoms with van der Waals surface area (Å²) in [6.07, 6.45) is 10.7. The standard InChI is InChI=1S/C14H26N2O/c1-16(13-7-8-13)14(17)11-15-10-9-12-5-3-2-4-6-12/h12-13,15H,2-11H2,1H3. The summed E-state index contributed by atoms with van der Waals surface area (Å²) in [6, 6.07) is 0.544. The SMILES string of the molecule is CN(C(=O)CNCCC1CCCCC1)C1CC1. The van der Waals surface area contributed by atoms with Crippen LogP contribution in [0, 0.1) is 5.92 Å². The second kappa shape index (κ2) is 6.39. The lowest BCUT2D eigenvalue weighted by atomic mass is 9.87. The fourth-order valence-corrected chi connectivity index (χ4v) is 2.77. The van der Waals surface area contributed by atoms with Gasteiger partial charge in [-0.05, 0) is 31.7 Å². The zero-order chi connectivity index (χ0) is 12.1. The molecule has 0 aliphatic heterocycles. The van der Waals surface area contributed by atoms with Gasteiger partial charge in [0.2, 0.25) is 5.91 Å². The molecule has 1 amide bonds. The molecule has 0 unspecified atom stereocenters. The van der Waals surface area contributed by atoms with Gasteiger partial charge < -0.3 is 10.2 Å². The molecule has 2 fully saturated rings. The average Bonchev–Trinajstić information content (AvgIpc) is 3.19. The minimum atomic E-state index is 0.260. The molecule has 2 rings (SSSR count). The van der Waals surface area contributed by atoms with Crippen molar-refractivity contribution in [3.05, 3.63) is 0 Å². The Balaban J connectivity index is 1.51. The van der Waals surface area contributed by atoms with E-state index in [1.807, 2.05) is 11.9 Å². The molecule has 0 saturated heterocycles. The molecule has 98 valence electrons. The highest BCUT2D eigenvalue weighted by Crippen LogP contribution is 2.26. The van der Waals surface area contributed by atoms with Gasteiger partial charge in [-0.25, -0.2) is 0 Å². The summed E-state index contributed by atoms with van der Waals surface area (Å²) in [6.45, 7) is 1.54. The maximum absolute atomic E-state index is 11.7. The van der Waals surface area contributed by atoms with Crippen molar-refractivity contribution >= 4 is 5.91 Å². The van der Waals surface area contributed by atoms with Crippen LogP contribution in [0.2, 0.25) is 0 Å². The van der Waals surface area contributed by atoms with Crippen LogP contribution in [0.1, 0.15) is 51.4 Å². The van der Waals surface area contributed by atoms with E-state index < -0.39 is 0 Å². The number of likely N-dealkylation sites (N-methyl/N-ethyl adjacent to an activating group) is 1. The Bertz CT molecular complexity index is 245. The second-order valence-corrected chi connectivity index (χ2v) is 5.71. The van der Waals surface area contributed by atoms with Crippen LogP contribution in [0.25, 0.3) is 0 Å². The van der Waals surface area contributed by atoms with Crippen LogP contribution in [0.5, 0.6) is 0 Å². The number of hydrogen-bond acceptors (Lipinski definition) is 2. The van der Waals surface area contributed by atoms with Gasteiger partial charge in [-0.1, -0.05) is 32.1 Å². The molecule has 2 aliphatic rings. The van der Waals surface area contributed by atoms with Gasteiger partial charge in [-0.2, -0.15) is 0 Å². The molecule has 0 spiro atoms. The maximum Gasteiger partial charge on any atom is 0.236 e. The van der Waals surface area contributed by atoms with Crippen LogP contribution in [-0.4, -0.2) is 37.0 Å². The zero-order valence-corrected chi connectivity index (χ0v) is 11.1. The highest BCUT2D eigenvalue weighted by atomic mass is 16.2. The molecule has 0 aromatic carbocycles. The molecular weight excluding hydrogens is 212 g/mol. The highest BCUT2D eigenvalue weighted by molar-refractivity contribution is 5.78. The number of nitrogens with zero attached hydrogens (tertiary/aromatic N) is 1. The van der Waals surface area contributed by atoms with E-state index in [1.54, 1.807) is 0 Å². The van der Waals surface area contributed by atoms with Gasteiger partial charge in [0.1, 0.15) is 0 Å². The first kappa shape index (κ1) is 12.9. The van der Waals surface area contributed by atoms with Crippen molar-refractivity contribution in [2.24, 2.45) is 5.92 Å². The van der Waals surface area contributed by atoms with Crippen molar-refractivity contribution in [2.45, 2.75) is 57.4 Å². The summed E-state index contributed by atoms with van der Waals surface area (Å²) in [7, 11) is 1.93. The van der Waals surface area contributed by atoms with Crippen LogP contribution in [0.3, 0.4) is 0 Å². The summed E-state index contributed by atoms with van der Waals surface area (Å²) in [4.78, 5) is 13.6. The minimum Gasteiger partial charge on any atom is -0.342 e. The molecule has 0 bridgehead atoms. The van der Waals surface area contributed by atoms with E-state index in [2.05, 4.69) is 5.32 Å². The first-order valence-electron chi connectivity index (χ1n) is 7.24. The lowest BCUT2D eigenvalue weighted by Gasteiger charge is -2.22. The van der Waals surface area contributed by atoms with E-state index in [4.69, 9.17) is 0 Å². The topological polar surface area (TPSA) is 32.3 Å². The highest BCUT2D eigenvalue weighted by Gasteiger charge is 2.28. The first-order valence-corrected chi connectivity index (χ1v) is 7.24. The third-order valence-electron chi connectivity index (χ3n) is 4.22. The smallest absolute Gasteiger partial charge is 0.236 e. The van der Waals surface area contributed by atoms with E-state index >= 15 is 0 Å². The van der Waals surface area contributed by atoms with Crippen molar-refractivity contribution in [3.8, 4) is 0 Å². The molecule has 0 aromatic rings. The van der Waals surface area contributed by atoms with Gasteiger partial charge in [0.15, 0.2) is 0 Å². The first-order chi connectivity index (χ1) is 8.27. The number of amides is 1. The average molecular weight is 238 g/mol. The molecule has 0 aromatic heterocycles. The summed E-state index contributed by atoms with van der Waals surface area (Å²) in [5.41, 5.74) is 0. The van der Waals surface area contributed by atoms with Gasteiger partial charge in [-0.3, -0.25) is 4.79 Å². The van der Waals surface area contributed by atoms with Gasteiger partial charge >= 0.3 is 0 Å². The van der Waals surface area contributed by atoms with Crippen molar-refractivity contribution in [1.29, 1.82) is 0 Å². The molecule has 0 heterocycles. The van der Waals surface area contributed by atoms with Crippen LogP contribution in [-0.2, 0) is 4.79 Å². The van der Waals surface area contributed by atoms with Crippen molar-refractivity contribution in [1.82, 2.24) is 10.2 Å². The second-order valence-electron chi connectivity index (χ2n) is 5.71. The van der Waals surface area contributed by atoms with Gasteiger partial charge in [0, 0.05) is 13.1 Å². The van der Waals surface area contributed by atoms with E-state index in [1.165, 1.54) is 51.4 Å². The monoisotopic (exact) mass is 238 g/mol. The van der Waals surface area contributed by atoms with Crippen LogP contribution in [0.15, 0.2) is 0 Å². The number of rotatable bonds is 6. The Labute approximate surface area is 105 Å². The van der Waals surface area contributed by atoms with Crippen LogP contribution >= 0.6 is 0 Å². The summed E-state index contributed by atoms with van der Waals surface area (Å²) >= 11 is 0. The van der Waals surface area contributed by atoms with E-state index in [0.29, 0.717) is 12.6 Å². The van der Waals surface area contributed by atoms with E-state index in [-0.39, 0.29) is 5.91 Å². The maximum atomic E-state index is 11.7. The zero-order valence-electron chi connectivity index (χ0n) is 11.1. The fourth-order valence-electron chi connectivity index (χ4n) is 2.77. The Morgan fingerprint density at radius 3 is 2.53 bits per heavy atom. The molecule has 0 atom stereocenters. The lowest BCUT2D eigenvalue weighted by molar-refractivity contribution is -0.129. The quantitative estimate of drug-likeness (QED) is 0.719. The summed E-state index contributed by atoms with van der Waals surface area (Å²) < 4.78 is 0. The summed E-state index contributed by atoms with van der Waals surface area (Å²) in [5, 5.41) is 3.30. The third-order valence-corrected chi connectivity index (χ3v) is 4.22. The normalized spacial score (nSPS) is 21.5. The predicted molar refractivity (Wildman–Crippen MR) is 69.9 cm³/mol. The largest absolute Gasteiger partial charge is 0.342 e. The Kier molecular flexibility index (Phi) is 4.84. The predicted octanol–water partition coefficient (Wildman–Crippen LogP) is 2.17. The van der Waals surface area contributed by atoms with E-state index in [9.17, 15) is 4.79 Å². The van der Waals surface area contributed by atoms with Gasteiger partial charge in [-0.15, -0.1) is 0 Å². The molecule has 0 radical (unpaired) electrons. The Hall–Kier alpha value is -0.570. The van der Waals surface area contributed by atoms with Crippen LogP contribution in [0.4, 0.5) is 0 Å². The van der Waals surface area contributed by atoms with E-state index in [0.717, 1.165) is 12.5 Å². The molecule has 3 heteroatoms. The Morgan fingerprint density at radius 1 is 1.18 bits per heavy atom. The van der Waals surface area contributed by atoms with Crippen molar-refractivity contribution < 1.29 is 4.79 Å². The minimum absolute atomic E-state index is 0.260. The number of carbonyl (C=O) groups is 1. The molecule has 2 aliphatic carbocycles. The molecule has 2 saturated carbocycles. The molecule has 3 nitrogen and oxygen atoms in total. The number of nitrogens with one attached hydrogen (secondary N) is 1. The lowest BCUT2D eigenvalue weighted by Crippen LogP contribution is -2.37. The van der Waals surface area contributed by atoms with Gasteiger partial charge in [0.05, 0.1) is 6.54 Å². The third kappa shape index (κ3) is 4.30. The fraction of sp³-hybridized carbons (Fsp3) is 0.929. The van der Waals surface area contributed by atoms with Crippen molar-refractivity contribution in [3.63, 3.8) is 0 Å². The molecule has 1 N–H and O–H groups in total. The van der Waals surface area contributed by atoms with Crippen molar-refractivity contribution in [2.75, 3.05) is 20.1 Å².